The summed E-state index contributed by atoms with van der Waals surface area (Å²) in [7, 11) is 0. The molecule has 0 saturated heterocycles. The largest absolute Gasteiger partial charge is 0.481 e. The Morgan fingerprint density at radius 3 is 2.58 bits per heavy atom. The number of imide groups is 1. The number of rotatable bonds is 4. The fourth-order valence-electron chi connectivity index (χ4n) is 1.30. The van der Waals surface area contributed by atoms with Crippen molar-refractivity contribution in [3.05, 3.63) is 28.2 Å². The summed E-state index contributed by atoms with van der Waals surface area (Å²) in [5.41, 5.74) is 1.49. The molecule has 1 rings (SSSR count). The van der Waals surface area contributed by atoms with Gasteiger partial charge in [0.25, 0.3) is 0 Å². The maximum absolute atomic E-state index is 11.5. The second-order valence-corrected chi connectivity index (χ2v) is 4.73. The Balaban J connectivity index is 2.53. The lowest BCUT2D eigenvalue weighted by atomic mass is 10.2. The highest BCUT2D eigenvalue weighted by atomic mass is 79.9. The zero-order chi connectivity index (χ0) is 14.4. The van der Waals surface area contributed by atoms with Gasteiger partial charge in [-0.2, -0.15) is 0 Å². The van der Waals surface area contributed by atoms with E-state index >= 15 is 0 Å². The SMILES string of the molecule is Cc1ccc(Br)c(NC(=O)NC(=O)CCC(=O)O)c1. The maximum atomic E-state index is 11.5. The summed E-state index contributed by atoms with van der Waals surface area (Å²) in [5, 5.41) is 13.0. The van der Waals surface area contributed by atoms with Crippen molar-refractivity contribution >= 4 is 39.5 Å². The van der Waals surface area contributed by atoms with Crippen LogP contribution in [0.1, 0.15) is 18.4 Å². The molecule has 0 aromatic heterocycles. The van der Waals surface area contributed by atoms with E-state index in [4.69, 9.17) is 5.11 Å². The molecule has 19 heavy (non-hydrogen) atoms. The molecule has 1 aromatic carbocycles. The van der Waals surface area contributed by atoms with Crippen LogP contribution in [0.3, 0.4) is 0 Å². The first-order valence-electron chi connectivity index (χ1n) is 5.47. The molecule has 0 aliphatic heterocycles. The number of carbonyl (C=O) groups excluding carboxylic acids is 2. The van der Waals surface area contributed by atoms with Crippen molar-refractivity contribution in [3.8, 4) is 0 Å². The van der Waals surface area contributed by atoms with E-state index in [9.17, 15) is 14.4 Å². The summed E-state index contributed by atoms with van der Waals surface area (Å²) in [6.45, 7) is 1.87. The molecular weight excluding hydrogens is 316 g/mol. The van der Waals surface area contributed by atoms with Crippen molar-refractivity contribution < 1.29 is 19.5 Å². The molecule has 0 spiro atoms. The quantitative estimate of drug-likeness (QED) is 0.790. The van der Waals surface area contributed by atoms with E-state index in [0.717, 1.165) is 5.56 Å². The summed E-state index contributed by atoms with van der Waals surface area (Å²) < 4.78 is 0.686. The molecule has 0 aliphatic carbocycles. The van der Waals surface area contributed by atoms with Gasteiger partial charge >= 0.3 is 12.0 Å². The Hall–Kier alpha value is -1.89. The molecule has 1 aromatic rings. The van der Waals surface area contributed by atoms with E-state index < -0.39 is 17.9 Å². The third-order valence-corrected chi connectivity index (χ3v) is 2.88. The smallest absolute Gasteiger partial charge is 0.325 e. The van der Waals surface area contributed by atoms with Crippen LogP contribution in [0.4, 0.5) is 10.5 Å². The normalized spacial score (nSPS) is 9.79. The van der Waals surface area contributed by atoms with Gasteiger partial charge in [-0.1, -0.05) is 6.07 Å². The van der Waals surface area contributed by atoms with Crippen molar-refractivity contribution in [2.45, 2.75) is 19.8 Å². The number of amides is 3. The Kier molecular flexibility index (Phi) is 5.50. The van der Waals surface area contributed by atoms with Gasteiger partial charge in [-0.05, 0) is 40.5 Å². The Labute approximate surface area is 118 Å². The number of hydrogen-bond acceptors (Lipinski definition) is 3. The van der Waals surface area contributed by atoms with Crippen LogP contribution in [0.2, 0.25) is 0 Å². The van der Waals surface area contributed by atoms with Crippen molar-refractivity contribution in [3.63, 3.8) is 0 Å². The number of carbonyl (C=O) groups is 3. The van der Waals surface area contributed by atoms with E-state index in [2.05, 4.69) is 26.6 Å². The third kappa shape index (κ3) is 5.52. The minimum absolute atomic E-state index is 0.238. The molecular formula is C12H13BrN2O4. The molecule has 0 saturated carbocycles. The fraction of sp³-hybridized carbons (Fsp3) is 0.250. The van der Waals surface area contributed by atoms with Crippen LogP contribution >= 0.6 is 15.9 Å². The van der Waals surface area contributed by atoms with Gasteiger partial charge in [0.2, 0.25) is 5.91 Å². The lowest BCUT2D eigenvalue weighted by molar-refractivity contribution is -0.138. The first-order valence-corrected chi connectivity index (χ1v) is 6.26. The van der Waals surface area contributed by atoms with Gasteiger partial charge in [-0.15, -0.1) is 0 Å². The lowest BCUT2D eigenvalue weighted by Gasteiger charge is -2.08. The molecule has 0 fully saturated rings. The maximum Gasteiger partial charge on any atom is 0.325 e. The van der Waals surface area contributed by atoms with Crippen LogP contribution in [-0.4, -0.2) is 23.0 Å². The minimum Gasteiger partial charge on any atom is -0.481 e. The molecule has 0 heterocycles. The second kappa shape index (κ2) is 6.89. The monoisotopic (exact) mass is 328 g/mol. The highest BCUT2D eigenvalue weighted by Gasteiger charge is 2.11. The second-order valence-electron chi connectivity index (χ2n) is 3.88. The van der Waals surface area contributed by atoms with Crippen LogP contribution in [-0.2, 0) is 9.59 Å². The average Bonchev–Trinajstić information content (AvgIpc) is 2.31. The zero-order valence-electron chi connectivity index (χ0n) is 10.2. The first kappa shape index (κ1) is 15.2. The predicted octanol–water partition coefficient (Wildman–Crippen LogP) is 2.27. The van der Waals surface area contributed by atoms with Crippen LogP contribution in [0, 0.1) is 6.92 Å². The van der Waals surface area contributed by atoms with Gasteiger partial charge < -0.3 is 10.4 Å². The van der Waals surface area contributed by atoms with Crippen LogP contribution in [0.25, 0.3) is 0 Å². The van der Waals surface area contributed by atoms with Gasteiger partial charge in [0, 0.05) is 10.9 Å². The number of nitrogens with one attached hydrogen (secondary N) is 2. The molecule has 0 radical (unpaired) electrons. The van der Waals surface area contributed by atoms with Crippen molar-refractivity contribution in [1.82, 2.24) is 5.32 Å². The molecule has 3 N–H and O–H groups in total. The molecule has 3 amide bonds. The summed E-state index contributed by atoms with van der Waals surface area (Å²) in [6.07, 6.45) is -0.551. The molecule has 7 heteroatoms. The highest BCUT2D eigenvalue weighted by Crippen LogP contribution is 2.23. The van der Waals surface area contributed by atoms with E-state index in [1.54, 1.807) is 12.1 Å². The number of aliphatic carboxylic acids is 1. The van der Waals surface area contributed by atoms with E-state index in [-0.39, 0.29) is 12.8 Å². The Morgan fingerprint density at radius 2 is 1.95 bits per heavy atom. The third-order valence-electron chi connectivity index (χ3n) is 2.19. The standard InChI is InChI=1S/C12H13BrN2O4/c1-7-2-3-8(13)9(6-7)14-12(19)15-10(16)4-5-11(17)18/h2-3,6H,4-5H2,1H3,(H,17,18)(H2,14,15,16,19). The van der Waals surface area contributed by atoms with Crippen LogP contribution < -0.4 is 10.6 Å². The fourth-order valence-corrected chi connectivity index (χ4v) is 1.64. The molecule has 102 valence electrons. The molecule has 0 unspecified atom stereocenters. The van der Waals surface area contributed by atoms with Gasteiger partial charge in [-0.3, -0.25) is 14.9 Å². The number of carboxylic acids is 1. The number of benzene rings is 1. The van der Waals surface area contributed by atoms with Crippen molar-refractivity contribution in [2.75, 3.05) is 5.32 Å². The van der Waals surface area contributed by atoms with Gasteiger partial charge in [0.15, 0.2) is 0 Å². The zero-order valence-corrected chi connectivity index (χ0v) is 11.8. The van der Waals surface area contributed by atoms with E-state index in [0.29, 0.717) is 10.2 Å². The molecule has 0 aliphatic rings. The number of urea groups is 1. The van der Waals surface area contributed by atoms with Crippen LogP contribution in [0.15, 0.2) is 22.7 Å². The molecule has 6 nitrogen and oxygen atoms in total. The summed E-state index contributed by atoms with van der Waals surface area (Å²) in [6, 6.07) is 4.69. The Morgan fingerprint density at radius 1 is 1.26 bits per heavy atom. The summed E-state index contributed by atoms with van der Waals surface area (Å²) in [5.74, 6) is -1.72. The molecule has 0 atom stereocenters. The highest BCUT2D eigenvalue weighted by molar-refractivity contribution is 9.10. The average molecular weight is 329 g/mol. The van der Waals surface area contributed by atoms with E-state index in [1.807, 2.05) is 13.0 Å². The number of hydrogen-bond donors (Lipinski definition) is 3. The minimum atomic E-state index is -1.09. The van der Waals surface area contributed by atoms with Gasteiger partial charge in [0.05, 0.1) is 12.1 Å². The molecule has 0 bridgehead atoms. The topological polar surface area (TPSA) is 95.5 Å². The number of aryl methyl sites for hydroxylation is 1. The number of carboxylic acid groups (broad SMARTS) is 1. The first-order chi connectivity index (χ1) is 8.88. The predicted molar refractivity (Wildman–Crippen MR) is 72.9 cm³/mol. The number of anilines is 1. The van der Waals surface area contributed by atoms with Gasteiger partial charge in [-0.25, -0.2) is 4.79 Å². The Bertz CT molecular complexity index is 516. The van der Waals surface area contributed by atoms with Gasteiger partial charge in [0.1, 0.15) is 0 Å². The van der Waals surface area contributed by atoms with Crippen molar-refractivity contribution in [1.29, 1.82) is 0 Å². The summed E-state index contributed by atoms with van der Waals surface area (Å²) >= 11 is 3.27. The van der Waals surface area contributed by atoms with E-state index in [1.165, 1.54) is 0 Å². The van der Waals surface area contributed by atoms with Crippen LogP contribution in [0.5, 0.6) is 0 Å². The number of halogens is 1. The lowest BCUT2D eigenvalue weighted by Crippen LogP contribution is -2.34. The van der Waals surface area contributed by atoms with Crippen molar-refractivity contribution in [2.24, 2.45) is 0 Å². The summed E-state index contributed by atoms with van der Waals surface area (Å²) in [4.78, 5) is 33.0.